The summed E-state index contributed by atoms with van der Waals surface area (Å²) in [6, 6.07) is 18.1. The van der Waals surface area contributed by atoms with Crippen molar-refractivity contribution in [3.05, 3.63) is 77.9 Å². The van der Waals surface area contributed by atoms with Crippen LogP contribution in [0.25, 0.3) is 10.2 Å². The number of aryl methyl sites for hydroxylation is 1. The number of carbonyl (C=O) groups is 1. The molecule has 4 aromatic rings. The number of hydrogen-bond donors (Lipinski definition) is 1. The maximum atomic E-state index is 13.4. The number of rotatable bonds is 6. The van der Waals surface area contributed by atoms with Crippen LogP contribution < -0.4 is 9.62 Å². The Balaban J connectivity index is 1.39. The molecule has 0 saturated heterocycles. The van der Waals surface area contributed by atoms with E-state index >= 15 is 0 Å². The summed E-state index contributed by atoms with van der Waals surface area (Å²) in [6.45, 7) is 0.368. The van der Waals surface area contributed by atoms with Crippen molar-refractivity contribution in [1.82, 2.24) is 4.98 Å². The van der Waals surface area contributed by atoms with Crippen molar-refractivity contribution in [2.75, 3.05) is 16.2 Å². The minimum absolute atomic E-state index is 0.0276. The lowest BCUT2D eigenvalue weighted by Gasteiger charge is -2.30. The van der Waals surface area contributed by atoms with Crippen LogP contribution in [0.1, 0.15) is 22.3 Å². The smallest absolute Gasteiger partial charge is 0.288 e. The SMILES string of the molecule is O=C(Nc1nc2ccc(SC(F)F)cc2s1)c1cccc(S(=O)(=O)N2CCCc3ccccc32)c1. The Labute approximate surface area is 209 Å². The zero-order chi connectivity index (χ0) is 24.6. The van der Waals surface area contributed by atoms with Gasteiger partial charge in [0, 0.05) is 17.0 Å². The number of aromatic nitrogens is 1. The van der Waals surface area contributed by atoms with E-state index in [1.54, 1.807) is 24.3 Å². The highest BCUT2D eigenvalue weighted by atomic mass is 32.2. The second kappa shape index (κ2) is 9.56. The van der Waals surface area contributed by atoms with E-state index in [2.05, 4.69) is 10.3 Å². The van der Waals surface area contributed by atoms with Crippen LogP contribution in [0, 0.1) is 0 Å². The lowest BCUT2D eigenvalue weighted by atomic mass is 10.0. The van der Waals surface area contributed by atoms with Crippen LogP contribution in [0.4, 0.5) is 19.6 Å². The number of thioether (sulfide) groups is 1. The third-order valence-corrected chi connectivity index (χ3v) is 9.00. The Morgan fingerprint density at radius 3 is 2.74 bits per heavy atom. The fourth-order valence-electron chi connectivity index (χ4n) is 3.98. The first-order valence-corrected chi connectivity index (χ1v) is 13.8. The number of thiazole rings is 1. The third-order valence-electron chi connectivity index (χ3n) is 5.56. The van der Waals surface area contributed by atoms with Gasteiger partial charge in [-0.3, -0.25) is 14.4 Å². The molecule has 35 heavy (non-hydrogen) atoms. The van der Waals surface area contributed by atoms with E-state index in [1.807, 2.05) is 18.2 Å². The lowest BCUT2D eigenvalue weighted by Crippen LogP contribution is -2.35. The second-order valence-electron chi connectivity index (χ2n) is 7.82. The zero-order valence-corrected chi connectivity index (χ0v) is 20.6. The number of hydrogen-bond acceptors (Lipinski definition) is 6. The molecule has 1 amide bonds. The number of nitrogens with zero attached hydrogens (tertiary/aromatic N) is 2. The van der Waals surface area contributed by atoms with Gasteiger partial charge in [-0.05, 0) is 60.9 Å². The standard InChI is InChI=1S/C24H19F2N3O3S3/c25-23(26)33-17-10-11-19-21(14-17)34-24(27-19)28-22(30)16-6-3-8-18(13-16)35(31,32)29-12-4-7-15-5-1-2-9-20(15)29/h1-3,5-6,8-11,13-14,23H,4,7,12H2,(H,27,28,30). The monoisotopic (exact) mass is 531 g/mol. The third kappa shape index (κ3) is 4.89. The molecule has 1 aliphatic heterocycles. The van der Waals surface area contributed by atoms with Crippen LogP contribution in [0.15, 0.2) is 76.5 Å². The van der Waals surface area contributed by atoms with Crippen molar-refractivity contribution in [3.8, 4) is 0 Å². The van der Waals surface area contributed by atoms with Crippen LogP contribution in [0.5, 0.6) is 0 Å². The second-order valence-corrected chi connectivity index (χ2v) is 11.8. The Morgan fingerprint density at radius 2 is 1.91 bits per heavy atom. The van der Waals surface area contributed by atoms with Crippen LogP contribution in [-0.2, 0) is 16.4 Å². The molecule has 0 spiro atoms. The molecule has 0 bridgehead atoms. The molecule has 6 nitrogen and oxygen atoms in total. The van der Waals surface area contributed by atoms with Crippen molar-refractivity contribution >= 4 is 60.1 Å². The van der Waals surface area contributed by atoms with Gasteiger partial charge in [0.25, 0.3) is 21.7 Å². The number of para-hydroxylation sites is 1. The quantitative estimate of drug-likeness (QED) is 0.309. The number of benzene rings is 3. The van der Waals surface area contributed by atoms with Crippen molar-refractivity contribution in [1.29, 1.82) is 0 Å². The average molecular weight is 532 g/mol. The van der Waals surface area contributed by atoms with Crippen molar-refractivity contribution in [3.63, 3.8) is 0 Å². The Morgan fingerprint density at radius 1 is 1.09 bits per heavy atom. The largest absolute Gasteiger partial charge is 0.298 e. The maximum absolute atomic E-state index is 13.4. The summed E-state index contributed by atoms with van der Waals surface area (Å²) in [4.78, 5) is 17.7. The highest BCUT2D eigenvalue weighted by Crippen LogP contribution is 2.34. The van der Waals surface area contributed by atoms with Gasteiger partial charge in [0.15, 0.2) is 5.13 Å². The normalized spacial score (nSPS) is 13.7. The predicted octanol–water partition coefficient (Wildman–Crippen LogP) is 6.00. The molecule has 0 saturated carbocycles. The molecular formula is C24H19F2N3O3S3. The fraction of sp³-hybridized carbons (Fsp3) is 0.167. The summed E-state index contributed by atoms with van der Waals surface area (Å²) < 4.78 is 54.2. The molecule has 1 N–H and O–H groups in total. The van der Waals surface area contributed by atoms with E-state index in [4.69, 9.17) is 0 Å². The molecule has 2 heterocycles. The highest BCUT2D eigenvalue weighted by molar-refractivity contribution is 7.99. The van der Waals surface area contributed by atoms with E-state index in [1.165, 1.54) is 28.6 Å². The molecule has 0 radical (unpaired) electrons. The number of fused-ring (bicyclic) bond motifs is 2. The maximum Gasteiger partial charge on any atom is 0.288 e. The van der Waals surface area contributed by atoms with Gasteiger partial charge in [-0.1, -0.05) is 47.4 Å². The van der Waals surface area contributed by atoms with Crippen LogP contribution >= 0.6 is 23.1 Å². The van der Waals surface area contributed by atoms with E-state index in [9.17, 15) is 22.0 Å². The van der Waals surface area contributed by atoms with E-state index in [0.717, 1.165) is 23.3 Å². The molecule has 5 rings (SSSR count). The summed E-state index contributed by atoms with van der Waals surface area (Å²) in [5.41, 5.74) is 2.38. The van der Waals surface area contributed by atoms with Gasteiger partial charge in [-0.2, -0.15) is 8.78 Å². The first-order chi connectivity index (χ1) is 16.8. The van der Waals surface area contributed by atoms with Crippen LogP contribution in [-0.4, -0.2) is 31.6 Å². The highest BCUT2D eigenvalue weighted by Gasteiger charge is 2.29. The summed E-state index contributed by atoms with van der Waals surface area (Å²) in [5.74, 6) is -3.04. The lowest BCUT2D eigenvalue weighted by molar-refractivity contribution is 0.102. The van der Waals surface area contributed by atoms with Gasteiger partial charge in [-0.25, -0.2) is 13.4 Å². The van der Waals surface area contributed by atoms with Gasteiger partial charge in [0.05, 0.1) is 20.8 Å². The topological polar surface area (TPSA) is 79.4 Å². The number of nitrogens with one attached hydrogen (secondary N) is 1. The number of carbonyl (C=O) groups excluding carboxylic acids is 1. The molecule has 0 unspecified atom stereocenters. The average Bonchev–Trinajstić information content (AvgIpc) is 3.24. The Kier molecular flexibility index (Phi) is 6.47. The van der Waals surface area contributed by atoms with Gasteiger partial charge in [0.2, 0.25) is 0 Å². The first-order valence-electron chi connectivity index (χ1n) is 10.7. The number of sulfonamides is 1. The summed E-state index contributed by atoms with van der Waals surface area (Å²) in [7, 11) is -3.86. The number of alkyl halides is 2. The summed E-state index contributed by atoms with van der Waals surface area (Å²) in [5, 5.41) is 2.98. The number of anilines is 2. The molecule has 11 heteroatoms. The minimum Gasteiger partial charge on any atom is -0.298 e. The van der Waals surface area contributed by atoms with Crippen molar-refractivity contribution in [2.45, 2.75) is 28.4 Å². The molecule has 1 aliphatic rings. The van der Waals surface area contributed by atoms with Gasteiger partial charge in [0.1, 0.15) is 0 Å². The van der Waals surface area contributed by atoms with Crippen molar-refractivity contribution < 1.29 is 22.0 Å². The first kappa shape index (κ1) is 23.7. The Hall–Kier alpha value is -3.02. The summed E-state index contributed by atoms with van der Waals surface area (Å²) in [6.07, 6.45) is 1.53. The van der Waals surface area contributed by atoms with Crippen LogP contribution in [0.3, 0.4) is 0 Å². The van der Waals surface area contributed by atoms with E-state index in [0.29, 0.717) is 50.7 Å². The molecule has 180 valence electrons. The fourth-order valence-corrected chi connectivity index (χ4v) is 7.08. The predicted molar refractivity (Wildman–Crippen MR) is 135 cm³/mol. The summed E-state index contributed by atoms with van der Waals surface area (Å²) >= 11 is 1.60. The molecule has 0 aliphatic carbocycles. The molecule has 3 aromatic carbocycles. The minimum atomic E-state index is -3.86. The van der Waals surface area contributed by atoms with Crippen molar-refractivity contribution in [2.24, 2.45) is 0 Å². The van der Waals surface area contributed by atoms with Gasteiger partial charge in [-0.15, -0.1) is 0 Å². The van der Waals surface area contributed by atoms with Gasteiger partial charge >= 0.3 is 0 Å². The van der Waals surface area contributed by atoms with E-state index in [-0.39, 0.29) is 10.5 Å². The molecular weight excluding hydrogens is 512 g/mol. The molecule has 0 fully saturated rings. The molecule has 1 aromatic heterocycles. The number of halogens is 2. The van der Waals surface area contributed by atoms with Gasteiger partial charge < -0.3 is 0 Å². The number of amides is 1. The van der Waals surface area contributed by atoms with E-state index < -0.39 is 21.7 Å². The Bertz CT molecular complexity index is 1520. The van der Waals surface area contributed by atoms with Crippen LogP contribution in [0.2, 0.25) is 0 Å². The molecule has 0 atom stereocenters. The zero-order valence-electron chi connectivity index (χ0n) is 18.1.